The molecule has 0 aromatic carbocycles. The lowest BCUT2D eigenvalue weighted by Crippen LogP contribution is -2.22. The lowest BCUT2D eigenvalue weighted by molar-refractivity contribution is 0.0699. The van der Waals surface area contributed by atoms with Crippen LogP contribution in [0.5, 0.6) is 0 Å². The summed E-state index contributed by atoms with van der Waals surface area (Å²) in [4.78, 5) is 8.50. The van der Waals surface area contributed by atoms with Crippen LogP contribution in [0.15, 0.2) is 24.5 Å². The molecule has 0 unspecified atom stereocenters. The molecule has 2 aromatic heterocycles. The van der Waals surface area contributed by atoms with Gasteiger partial charge in [0.2, 0.25) is 0 Å². The van der Waals surface area contributed by atoms with Crippen molar-refractivity contribution in [2.45, 2.75) is 12.8 Å². The number of aromatic nitrogens is 2. The van der Waals surface area contributed by atoms with Crippen molar-refractivity contribution in [2.75, 3.05) is 37.4 Å². The molecule has 128 valence electrons. The highest BCUT2D eigenvalue weighted by Crippen LogP contribution is 2.32. The standard InChI is InChI=1S/C17H20Cl2N4O/c1-20-16-7-13(14(18)10-22-16)12-6-15(17(19)23-9-12)21-8-11-2-4-24-5-3-11/h6-7,9-11,21H,2-5,8H2,1H3,(H,20,22). The molecule has 0 bridgehead atoms. The zero-order valence-corrected chi connectivity index (χ0v) is 15.0. The average molecular weight is 367 g/mol. The van der Waals surface area contributed by atoms with Gasteiger partial charge in [-0.1, -0.05) is 23.2 Å². The van der Waals surface area contributed by atoms with E-state index in [-0.39, 0.29) is 0 Å². The van der Waals surface area contributed by atoms with Gasteiger partial charge in [-0.2, -0.15) is 0 Å². The fourth-order valence-electron chi connectivity index (χ4n) is 2.72. The Bertz CT molecular complexity index is 705. The smallest absolute Gasteiger partial charge is 0.152 e. The summed E-state index contributed by atoms with van der Waals surface area (Å²) < 4.78 is 5.39. The highest BCUT2D eigenvalue weighted by Gasteiger charge is 2.15. The Labute approximate surface area is 151 Å². The van der Waals surface area contributed by atoms with Crippen molar-refractivity contribution in [1.82, 2.24) is 9.97 Å². The van der Waals surface area contributed by atoms with Crippen LogP contribution in [0.25, 0.3) is 11.1 Å². The predicted octanol–water partition coefficient (Wildman–Crippen LogP) is 4.33. The van der Waals surface area contributed by atoms with E-state index in [0.717, 1.165) is 55.2 Å². The Balaban J connectivity index is 1.80. The third-order valence-corrected chi connectivity index (χ3v) is 4.79. The van der Waals surface area contributed by atoms with Crippen LogP contribution in [-0.4, -0.2) is 36.8 Å². The molecule has 0 saturated carbocycles. The Kier molecular flexibility index (Phi) is 5.76. The van der Waals surface area contributed by atoms with Gasteiger partial charge < -0.3 is 15.4 Å². The number of nitrogens with zero attached hydrogens (tertiary/aromatic N) is 2. The van der Waals surface area contributed by atoms with Gasteiger partial charge >= 0.3 is 0 Å². The maximum Gasteiger partial charge on any atom is 0.152 e. The fraction of sp³-hybridized carbons (Fsp3) is 0.412. The van der Waals surface area contributed by atoms with Gasteiger partial charge in [-0.25, -0.2) is 9.97 Å². The summed E-state index contributed by atoms with van der Waals surface area (Å²) in [6.07, 6.45) is 5.49. The van der Waals surface area contributed by atoms with E-state index in [1.54, 1.807) is 12.4 Å². The zero-order chi connectivity index (χ0) is 16.9. The van der Waals surface area contributed by atoms with Gasteiger partial charge in [0.1, 0.15) is 5.82 Å². The summed E-state index contributed by atoms with van der Waals surface area (Å²) in [7, 11) is 1.82. The second kappa shape index (κ2) is 8.01. The normalized spacial score (nSPS) is 15.3. The lowest BCUT2D eigenvalue weighted by atomic mass is 10.0. The minimum atomic E-state index is 0.463. The molecule has 0 atom stereocenters. The van der Waals surface area contributed by atoms with Crippen molar-refractivity contribution >= 4 is 34.7 Å². The van der Waals surface area contributed by atoms with E-state index in [9.17, 15) is 0 Å². The van der Waals surface area contributed by atoms with E-state index in [4.69, 9.17) is 27.9 Å². The van der Waals surface area contributed by atoms with Gasteiger partial charge in [0.15, 0.2) is 5.15 Å². The summed E-state index contributed by atoms with van der Waals surface area (Å²) >= 11 is 12.5. The molecular formula is C17H20Cl2N4O. The highest BCUT2D eigenvalue weighted by atomic mass is 35.5. The molecule has 3 rings (SSSR count). The number of halogens is 2. The quantitative estimate of drug-likeness (QED) is 0.771. The van der Waals surface area contributed by atoms with Crippen molar-refractivity contribution in [2.24, 2.45) is 5.92 Å². The first kappa shape index (κ1) is 17.3. The van der Waals surface area contributed by atoms with E-state index in [2.05, 4.69) is 20.6 Å². The number of anilines is 2. The zero-order valence-electron chi connectivity index (χ0n) is 13.5. The van der Waals surface area contributed by atoms with Crippen LogP contribution in [0.1, 0.15) is 12.8 Å². The van der Waals surface area contributed by atoms with Gasteiger partial charge in [-0.3, -0.25) is 0 Å². The molecule has 2 N–H and O–H groups in total. The van der Waals surface area contributed by atoms with Crippen LogP contribution in [0, 0.1) is 5.92 Å². The van der Waals surface area contributed by atoms with Gasteiger partial charge in [-0.15, -0.1) is 0 Å². The molecule has 0 amide bonds. The lowest BCUT2D eigenvalue weighted by Gasteiger charge is -2.23. The molecule has 1 fully saturated rings. The molecule has 7 heteroatoms. The molecule has 0 radical (unpaired) electrons. The molecule has 1 aliphatic rings. The average Bonchev–Trinajstić information content (AvgIpc) is 2.62. The number of pyridine rings is 2. The number of ether oxygens (including phenoxy) is 1. The fourth-order valence-corrected chi connectivity index (χ4v) is 3.10. The SMILES string of the molecule is CNc1cc(-c2cnc(Cl)c(NCC3CCOCC3)c2)c(Cl)cn1. The molecule has 0 spiro atoms. The van der Waals surface area contributed by atoms with Crippen LogP contribution in [0.4, 0.5) is 11.5 Å². The minimum absolute atomic E-state index is 0.463. The van der Waals surface area contributed by atoms with E-state index >= 15 is 0 Å². The van der Waals surface area contributed by atoms with E-state index in [1.807, 2.05) is 19.2 Å². The molecule has 1 saturated heterocycles. The van der Waals surface area contributed by atoms with Crippen molar-refractivity contribution in [1.29, 1.82) is 0 Å². The Morgan fingerprint density at radius 2 is 1.96 bits per heavy atom. The van der Waals surface area contributed by atoms with Crippen molar-refractivity contribution in [3.8, 4) is 11.1 Å². The van der Waals surface area contributed by atoms with Crippen molar-refractivity contribution in [3.05, 3.63) is 34.7 Å². The summed E-state index contributed by atoms with van der Waals surface area (Å²) in [5.41, 5.74) is 2.59. The van der Waals surface area contributed by atoms with Crippen molar-refractivity contribution in [3.63, 3.8) is 0 Å². The van der Waals surface area contributed by atoms with Crippen molar-refractivity contribution < 1.29 is 4.74 Å². The molecule has 24 heavy (non-hydrogen) atoms. The summed E-state index contributed by atoms with van der Waals surface area (Å²) in [6.45, 7) is 2.52. The van der Waals surface area contributed by atoms with Crippen LogP contribution in [0.3, 0.4) is 0 Å². The molecule has 5 nitrogen and oxygen atoms in total. The molecule has 2 aromatic rings. The number of rotatable bonds is 5. The maximum atomic E-state index is 6.29. The minimum Gasteiger partial charge on any atom is -0.382 e. The van der Waals surface area contributed by atoms with E-state index < -0.39 is 0 Å². The molecule has 1 aliphatic heterocycles. The Hall–Kier alpha value is -1.56. The van der Waals surface area contributed by atoms with Crippen LogP contribution < -0.4 is 10.6 Å². The second-order valence-corrected chi connectivity index (χ2v) is 6.56. The number of nitrogens with one attached hydrogen (secondary N) is 2. The van der Waals surface area contributed by atoms with Gasteiger partial charge in [0.25, 0.3) is 0 Å². The van der Waals surface area contributed by atoms with E-state index in [0.29, 0.717) is 16.1 Å². The van der Waals surface area contributed by atoms with Crippen LogP contribution in [-0.2, 0) is 4.74 Å². The summed E-state index contributed by atoms with van der Waals surface area (Å²) in [5, 5.41) is 7.47. The predicted molar refractivity (Wildman–Crippen MR) is 99.1 cm³/mol. The van der Waals surface area contributed by atoms with Gasteiger partial charge in [-0.05, 0) is 30.9 Å². The number of hydrogen-bond acceptors (Lipinski definition) is 5. The first-order valence-corrected chi connectivity index (χ1v) is 8.74. The second-order valence-electron chi connectivity index (χ2n) is 5.80. The highest BCUT2D eigenvalue weighted by molar-refractivity contribution is 6.33. The molecular weight excluding hydrogens is 347 g/mol. The Morgan fingerprint density at radius 3 is 2.71 bits per heavy atom. The van der Waals surface area contributed by atoms with Gasteiger partial charge in [0, 0.05) is 50.3 Å². The first-order chi connectivity index (χ1) is 11.7. The first-order valence-electron chi connectivity index (χ1n) is 7.98. The van der Waals surface area contributed by atoms with Crippen LogP contribution >= 0.6 is 23.2 Å². The summed E-state index contributed by atoms with van der Waals surface area (Å²) in [5.74, 6) is 1.35. The van der Waals surface area contributed by atoms with E-state index in [1.165, 1.54) is 0 Å². The molecule has 3 heterocycles. The maximum absolute atomic E-state index is 6.29. The molecule has 0 aliphatic carbocycles. The topological polar surface area (TPSA) is 59.1 Å². The monoisotopic (exact) mass is 366 g/mol. The largest absolute Gasteiger partial charge is 0.382 e. The summed E-state index contributed by atoms with van der Waals surface area (Å²) in [6, 6.07) is 3.88. The van der Waals surface area contributed by atoms with Gasteiger partial charge in [0.05, 0.1) is 10.7 Å². The third kappa shape index (κ3) is 4.09. The van der Waals surface area contributed by atoms with Crippen LogP contribution in [0.2, 0.25) is 10.2 Å². The third-order valence-electron chi connectivity index (χ3n) is 4.18. The Morgan fingerprint density at radius 1 is 1.17 bits per heavy atom. The number of hydrogen-bond donors (Lipinski definition) is 2.